The van der Waals surface area contributed by atoms with Crippen molar-refractivity contribution >= 4 is 23.2 Å². The van der Waals surface area contributed by atoms with E-state index >= 15 is 0 Å². The minimum atomic E-state index is -0.344. The summed E-state index contributed by atoms with van der Waals surface area (Å²) in [7, 11) is 0. The summed E-state index contributed by atoms with van der Waals surface area (Å²) in [6, 6.07) is 5.59. The number of hydrogen-bond acceptors (Lipinski definition) is 4. The second-order valence-electron chi connectivity index (χ2n) is 3.69. The smallest absolute Gasteiger partial charge is 0.310 e. The molecule has 4 nitrogen and oxygen atoms in total. The zero-order chi connectivity index (χ0) is 13.8. The number of aromatic hydroxyl groups is 1. The Balaban J connectivity index is 2.28. The SMILES string of the molecule is C=CCn1c(O)c(C=Nc2ccc(F)cc2)sc1=O. The van der Waals surface area contributed by atoms with Gasteiger partial charge in [-0.1, -0.05) is 17.4 Å². The first-order valence-corrected chi connectivity index (χ1v) is 6.26. The highest BCUT2D eigenvalue weighted by atomic mass is 32.1. The summed E-state index contributed by atoms with van der Waals surface area (Å²) in [5, 5.41) is 9.84. The molecule has 1 heterocycles. The van der Waals surface area contributed by atoms with Crippen molar-refractivity contribution < 1.29 is 9.50 Å². The highest BCUT2D eigenvalue weighted by Gasteiger charge is 2.10. The minimum Gasteiger partial charge on any atom is -0.493 e. The van der Waals surface area contributed by atoms with E-state index in [4.69, 9.17) is 0 Å². The van der Waals surface area contributed by atoms with Gasteiger partial charge in [-0.05, 0) is 24.3 Å². The average molecular weight is 278 g/mol. The van der Waals surface area contributed by atoms with Gasteiger partial charge in [-0.25, -0.2) is 4.39 Å². The molecular formula is C13H11FN2O2S. The molecule has 0 bridgehead atoms. The summed E-state index contributed by atoms with van der Waals surface area (Å²) in [6.07, 6.45) is 2.91. The Hall–Kier alpha value is -2.21. The number of thiazole rings is 1. The Morgan fingerprint density at radius 3 is 2.74 bits per heavy atom. The summed E-state index contributed by atoms with van der Waals surface area (Å²) in [6.45, 7) is 3.76. The molecule has 2 rings (SSSR count). The molecule has 0 aliphatic rings. The second-order valence-corrected chi connectivity index (χ2v) is 4.68. The van der Waals surface area contributed by atoms with Crippen LogP contribution in [0.1, 0.15) is 4.88 Å². The lowest BCUT2D eigenvalue weighted by atomic mass is 10.3. The van der Waals surface area contributed by atoms with Gasteiger partial charge in [-0.15, -0.1) is 6.58 Å². The number of rotatable bonds is 4. The lowest BCUT2D eigenvalue weighted by Gasteiger charge is -1.97. The van der Waals surface area contributed by atoms with Gasteiger partial charge in [0.1, 0.15) is 10.7 Å². The highest BCUT2D eigenvalue weighted by Crippen LogP contribution is 2.19. The number of aliphatic imine (C=N–C) groups is 1. The maximum atomic E-state index is 12.7. The van der Waals surface area contributed by atoms with Gasteiger partial charge in [-0.2, -0.15) is 0 Å². The molecular weight excluding hydrogens is 267 g/mol. The average Bonchev–Trinajstić information content (AvgIpc) is 2.66. The molecule has 0 spiro atoms. The van der Waals surface area contributed by atoms with Crippen molar-refractivity contribution in [2.45, 2.75) is 6.54 Å². The molecule has 0 saturated heterocycles. The molecule has 1 aromatic heterocycles. The Morgan fingerprint density at radius 2 is 2.11 bits per heavy atom. The van der Waals surface area contributed by atoms with E-state index in [0.29, 0.717) is 10.6 Å². The zero-order valence-corrected chi connectivity index (χ0v) is 10.7. The molecule has 0 radical (unpaired) electrons. The Labute approximate surface area is 112 Å². The van der Waals surface area contributed by atoms with Gasteiger partial charge in [0.05, 0.1) is 11.9 Å². The van der Waals surface area contributed by atoms with Crippen LogP contribution in [-0.2, 0) is 6.54 Å². The summed E-state index contributed by atoms with van der Waals surface area (Å²) < 4.78 is 13.9. The van der Waals surface area contributed by atoms with E-state index in [1.54, 1.807) is 0 Å². The summed E-state index contributed by atoms with van der Waals surface area (Å²) in [4.78, 5) is 15.7. The first-order chi connectivity index (χ1) is 9.11. The van der Waals surface area contributed by atoms with E-state index in [-0.39, 0.29) is 23.1 Å². The number of benzene rings is 1. The Kier molecular flexibility index (Phi) is 3.91. The van der Waals surface area contributed by atoms with Crippen LogP contribution in [0.15, 0.2) is 46.7 Å². The van der Waals surface area contributed by atoms with Crippen LogP contribution in [0, 0.1) is 5.82 Å². The molecule has 19 heavy (non-hydrogen) atoms. The topological polar surface area (TPSA) is 54.6 Å². The third-order valence-corrected chi connectivity index (χ3v) is 3.27. The van der Waals surface area contributed by atoms with Crippen molar-refractivity contribution in [3.63, 3.8) is 0 Å². The first kappa shape index (κ1) is 13.2. The maximum Gasteiger partial charge on any atom is 0.310 e. The quantitative estimate of drug-likeness (QED) is 0.690. The molecule has 1 N–H and O–H groups in total. The molecule has 0 saturated carbocycles. The van der Waals surface area contributed by atoms with E-state index in [1.807, 2.05) is 0 Å². The summed E-state index contributed by atoms with van der Waals surface area (Å²) in [5.41, 5.74) is 0.539. The van der Waals surface area contributed by atoms with Crippen LogP contribution in [0.5, 0.6) is 5.88 Å². The third kappa shape index (κ3) is 2.97. The van der Waals surface area contributed by atoms with E-state index in [9.17, 15) is 14.3 Å². The molecule has 0 unspecified atom stereocenters. The molecule has 0 aliphatic heterocycles. The fraction of sp³-hybridized carbons (Fsp3) is 0.0769. The van der Waals surface area contributed by atoms with Crippen molar-refractivity contribution in [3.8, 4) is 5.88 Å². The van der Waals surface area contributed by atoms with Crippen molar-refractivity contribution in [2.24, 2.45) is 4.99 Å². The number of nitrogens with zero attached hydrogens (tertiary/aromatic N) is 2. The van der Waals surface area contributed by atoms with Crippen molar-refractivity contribution in [3.05, 3.63) is 57.3 Å². The van der Waals surface area contributed by atoms with Gasteiger partial charge >= 0.3 is 4.87 Å². The fourth-order valence-corrected chi connectivity index (χ4v) is 2.22. The molecule has 0 fully saturated rings. The Bertz CT molecular complexity index is 671. The van der Waals surface area contributed by atoms with E-state index in [1.165, 1.54) is 41.1 Å². The predicted octanol–water partition coefficient (Wildman–Crippen LogP) is 2.69. The minimum absolute atomic E-state index is 0.138. The fourth-order valence-electron chi connectivity index (χ4n) is 1.45. The highest BCUT2D eigenvalue weighted by molar-refractivity contribution is 7.11. The van der Waals surface area contributed by atoms with Gasteiger partial charge in [0, 0.05) is 6.54 Å². The van der Waals surface area contributed by atoms with Gasteiger partial charge in [0.15, 0.2) is 0 Å². The molecule has 0 aliphatic carbocycles. The molecule has 0 amide bonds. The monoisotopic (exact) mass is 278 g/mol. The lowest BCUT2D eigenvalue weighted by Crippen LogP contribution is -2.10. The number of allylic oxidation sites excluding steroid dienone is 1. The Morgan fingerprint density at radius 1 is 1.42 bits per heavy atom. The van der Waals surface area contributed by atoms with Crippen molar-refractivity contribution in [1.82, 2.24) is 4.57 Å². The van der Waals surface area contributed by atoms with Crippen LogP contribution in [-0.4, -0.2) is 15.9 Å². The van der Waals surface area contributed by atoms with Crippen LogP contribution < -0.4 is 4.87 Å². The zero-order valence-electron chi connectivity index (χ0n) is 9.91. The van der Waals surface area contributed by atoms with Gasteiger partial charge in [0.2, 0.25) is 5.88 Å². The van der Waals surface area contributed by atoms with Crippen LogP contribution in [0.3, 0.4) is 0 Å². The van der Waals surface area contributed by atoms with Gasteiger partial charge < -0.3 is 5.11 Å². The molecule has 98 valence electrons. The normalized spacial score (nSPS) is 11.0. The molecule has 6 heteroatoms. The van der Waals surface area contributed by atoms with Crippen LogP contribution in [0.4, 0.5) is 10.1 Å². The summed E-state index contributed by atoms with van der Waals surface area (Å²) in [5.74, 6) is -0.482. The van der Waals surface area contributed by atoms with E-state index < -0.39 is 0 Å². The number of aromatic nitrogens is 1. The van der Waals surface area contributed by atoms with Crippen molar-refractivity contribution in [1.29, 1.82) is 0 Å². The lowest BCUT2D eigenvalue weighted by molar-refractivity contribution is 0.422. The standard InChI is InChI=1S/C13H11FN2O2S/c1-2-7-16-12(17)11(19-13(16)18)8-15-10-5-3-9(14)4-6-10/h2-6,8,17H,1,7H2. The molecule has 2 aromatic rings. The van der Waals surface area contributed by atoms with E-state index in [2.05, 4.69) is 11.6 Å². The maximum absolute atomic E-state index is 12.7. The predicted molar refractivity (Wildman–Crippen MR) is 74.1 cm³/mol. The number of hydrogen-bond donors (Lipinski definition) is 1. The van der Waals surface area contributed by atoms with Gasteiger partial charge in [0.25, 0.3) is 0 Å². The summed E-state index contributed by atoms with van der Waals surface area (Å²) >= 11 is 0.890. The van der Waals surface area contributed by atoms with Crippen molar-refractivity contribution in [2.75, 3.05) is 0 Å². The van der Waals surface area contributed by atoms with Crippen LogP contribution in [0.2, 0.25) is 0 Å². The van der Waals surface area contributed by atoms with E-state index in [0.717, 1.165) is 11.3 Å². The van der Waals surface area contributed by atoms with Crippen LogP contribution >= 0.6 is 11.3 Å². The van der Waals surface area contributed by atoms with Crippen LogP contribution in [0.25, 0.3) is 0 Å². The molecule has 0 atom stereocenters. The second kappa shape index (κ2) is 5.62. The van der Waals surface area contributed by atoms with Gasteiger partial charge in [-0.3, -0.25) is 14.4 Å². The number of halogens is 1. The molecule has 1 aromatic carbocycles. The largest absolute Gasteiger partial charge is 0.493 e. The first-order valence-electron chi connectivity index (χ1n) is 5.45. The third-order valence-electron chi connectivity index (χ3n) is 2.36.